The Morgan fingerprint density at radius 3 is 2.94 bits per heavy atom. The first-order valence-corrected chi connectivity index (χ1v) is 5.38. The lowest BCUT2D eigenvalue weighted by molar-refractivity contribution is -0.140. The van der Waals surface area contributed by atoms with Gasteiger partial charge in [-0.25, -0.2) is 4.79 Å². The van der Waals surface area contributed by atoms with Gasteiger partial charge in [0.25, 0.3) is 0 Å². The van der Waals surface area contributed by atoms with Gasteiger partial charge in [-0.3, -0.25) is 0 Å². The molecule has 1 fully saturated rings. The summed E-state index contributed by atoms with van der Waals surface area (Å²) in [7, 11) is 0. The number of rotatable bonds is 8. The molecule has 1 aliphatic heterocycles. The maximum Gasteiger partial charge on any atom is 0.333 e. The van der Waals surface area contributed by atoms with Gasteiger partial charge in [-0.1, -0.05) is 12.2 Å². The largest absolute Gasteiger partial charge is 0.460 e. The molecular formula is C12H18O4. The van der Waals surface area contributed by atoms with Gasteiger partial charge in [0, 0.05) is 5.57 Å². The summed E-state index contributed by atoms with van der Waals surface area (Å²) in [4.78, 5) is 11.4. The first-order valence-electron chi connectivity index (χ1n) is 5.38. The van der Waals surface area contributed by atoms with Crippen LogP contribution < -0.4 is 0 Å². The second kappa shape index (κ2) is 7.19. The maximum absolute atomic E-state index is 11.4. The van der Waals surface area contributed by atoms with Crippen LogP contribution >= 0.6 is 0 Å². The Kier molecular flexibility index (Phi) is 5.82. The lowest BCUT2D eigenvalue weighted by Crippen LogP contribution is -2.13. The summed E-state index contributed by atoms with van der Waals surface area (Å²) < 4.78 is 15.2. The smallest absolute Gasteiger partial charge is 0.333 e. The summed E-state index contributed by atoms with van der Waals surface area (Å²) in [5.41, 5.74) is 0.602. The van der Waals surface area contributed by atoms with E-state index in [0.717, 1.165) is 6.61 Å². The Morgan fingerprint density at radius 2 is 2.31 bits per heavy atom. The first-order chi connectivity index (χ1) is 7.74. The Morgan fingerprint density at radius 1 is 1.56 bits per heavy atom. The molecule has 0 aromatic rings. The van der Waals surface area contributed by atoms with Crippen molar-refractivity contribution in [1.29, 1.82) is 0 Å². The lowest BCUT2D eigenvalue weighted by atomic mass is 10.2. The average molecular weight is 226 g/mol. The highest BCUT2D eigenvalue weighted by Gasteiger charge is 2.22. The van der Waals surface area contributed by atoms with Gasteiger partial charge in [0.1, 0.15) is 12.7 Å². The minimum Gasteiger partial charge on any atom is -0.460 e. The van der Waals surface area contributed by atoms with Crippen molar-refractivity contribution in [3.8, 4) is 0 Å². The van der Waals surface area contributed by atoms with Crippen LogP contribution in [0, 0.1) is 0 Å². The SMILES string of the molecule is C=CCC=C(C)C(=O)OCCOCC1CO1. The van der Waals surface area contributed by atoms with E-state index in [1.807, 2.05) is 0 Å². The van der Waals surface area contributed by atoms with Crippen molar-refractivity contribution in [1.82, 2.24) is 0 Å². The normalized spacial score (nSPS) is 19.3. The zero-order valence-corrected chi connectivity index (χ0v) is 9.61. The third kappa shape index (κ3) is 5.68. The standard InChI is InChI=1S/C12H18O4/c1-3-4-5-10(2)12(13)15-7-6-14-8-11-9-16-11/h3,5,11H,1,4,6-9H2,2H3. The van der Waals surface area contributed by atoms with E-state index < -0.39 is 0 Å². The Labute approximate surface area is 95.9 Å². The molecule has 0 bridgehead atoms. The average Bonchev–Trinajstić information content (AvgIpc) is 3.09. The molecule has 0 saturated carbocycles. The fourth-order valence-corrected chi connectivity index (χ4v) is 1.03. The molecule has 0 aromatic carbocycles. The molecule has 1 unspecified atom stereocenters. The highest BCUT2D eigenvalue weighted by atomic mass is 16.6. The summed E-state index contributed by atoms with van der Waals surface area (Å²) >= 11 is 0. The van der Waals surface area contributed by atoms with Gasteiger partial charge < -0.3 is 14.2 Å². The zero-order chi connectivity index (χ0) is 11.8. The molecule has 0 radical (unpaired) electrons. The van der Waals surface area contributed by atoms with Crippen molar-refractivity contribution < 1.29 is 19.0 Å². The maximum atomic E-state index is 11.4. The Bertz CT molecular complexity index is 266. The molecule has 1 atom stereocenters. The molecule has 1 aliphatic rings. The summed E-state index contributed by atoms with van der Waals surface area (Å²) in [5.74, 6) is -0.298. The van der Waals surface area contributed by atoms with Crippen LogP contribution in [0.2, 0.25) is 0 Å². The summed E-state index contributed by atoms with van der Waals surface area (Å²) in [6.07, 6.45) is 4.45. The lowest BCUT2D eigenvalue weighted by Gasteiger charge is -2.05. The molecule has 0 N–H and O–H groups in total. The van der Waals surface area contributed by atoms with E-state index in [-0.39, 0.29) is 18.7 Å². The van der Waals surface area contributed by atoms with Crippen molar-refractivity contribution in [2.24, 2.45) is 0 Å². The van der Waals surface area contributed by atoms with E-state index in [0.29, 0.717) is 25.2 Å². The molecule has 0 aromatic heterocycles. The third-order valence-electron chi connectivity index (χ3n) is 2.08. The van der Waals surface area contributed by atoms with Crippen LogP contribution in [0.3, 0.4) is 0 Å². The van der Waals surface area contributed by atoms with Crippen LogP contribution in [0.1, 0.15) is 13.3 Å². The Hall–Kier alpha value is -1.13. The molecule has 4 heteroatoms. The molecule has 1 rings (SSSR count). The van der Waals surface area contributed by atoms with E-state index in [9.17, 15) is 4.79 Å². The van der Waals surface area contributed by atoms with Gasteiger partial charge in [0.15, 0.2) is 0 Å². The second-order valence-electron chi connectivity index (χ2n) is 3.58. The number of esters is 1. The van der Waals surface area contributed by atoms with E-state index in [1.165, 1.54) is 0 Å². The topological polar surface area (TPSA) is 48.1 Å². The molecule has 1 saturated heterocycles. The summed E-state index contributed by atoms with van der Waals surface area (Å²) in [5, 5.41) is 0. The van der Waals surface area contributed by atoms with Gasteiger partial charge in [0.2, 0.25) is 0 Å². The van der Waals surface area contributed by atoms with Gasteiger partial charge in [0.05, 0.1) is 19.8 Å². The number of carbonyl (C=O) groups is 1. The molecule has 90 valence electrons. The van der Waals surface area contributed by atoms with Gasteiger partial charge in [-0.15, -0.1) is 6.58 Å². The predicted molar refractivity (Wildman–Crippen MR) is 60.1 cm³/mol. The zero-order valence-electron chi connectivity index (χ0n) is 9.61. The highest BCUT2D eigenvalue weighted by molar-refractivity contribution is 5.87. The van der Waals surface area contributed by atoms with E-state index in [4.69, 9.17) is 14.2 Å². The van der Waals surface area contributed by atoms with E-state index >= 15 is 0 Å². The molecule has 0 aliphatic carbocycles. The number of hydrogen-bond acceptors (Lipinski definition) is 4. The number of epoxide rings is 1. The van der Waals surface area contributed by atoms with Crippen LogP contribution in [0.15, 0.2) is 24.3 Å². The van der Waals surface area contributed by atoms with E-state index in [1.54, 1.807) is 19.1 Å². The van der Waals surface area contributed by atoms with E-state index in [2.05, 4.69) is 6.58 Å². The quantitative estimate of drug-likeness (QED) is 0.207. The van der Waals surface area contributed by atoms with Crippen LogP contribution in [0.25, 0.3) is 0 Å². The fraction of sp³-hybridized carbons (Fsp3) is 0.583. The molecular weight excluding hydrogens is 208 g/mol. The van der Waals surface area contributed by atoms with Crippen LogP contribution in [-0.2, 0) is 19.0 Å². The molecule has 16 heavy (non-hydrogen) atoms. The molecule has 0 spiro atoms. The number of ether oxygens (including phenoxy) is 3. The van der Waals surface area contributed by atoms with Gasteiger partial charge >= 0.3 is 5.97 Å². The highest BCUT2D eigenvalue weighted by Crippen LogP contribution is 2.08. The van der Waals surface area contributed by atoms with Crippen molar-refractivity contribution >= 4 is 5.97 Å². The fourth-order valence-electron chi connectivity index (χ4n) is 1.03. The Balaban J connectivity index is 2.01. The number of carbonyl (C=O) groups excluding carboxylic acids is 1. The third-order valence-corrected chi connectivity index (χ3v) is 2.08. The molecule has 0 amide bonds. The minimum atomic E-state index is -0.298. The number of hydrogen-bond donors (Lipinski definition) is 0. The van der Waals surface area contributed by atoms with Crippen LogP contribution in [0.5, 0.6) is 0 Å². The number of allylic oxidation sites excluding steroid dienone is 2. The van der Waals surface area contributed by atoms with Gasteiger partial charge in [-0.05, 0) is 13.3 Å². The van der Waals surface area contributed by atoms with Crippen LogP contribution in [-0.4, -0.2) is 38.5 Å². The van der Waals surface area contributed by atoms with Crippen molar-refractivity contribution in [3.05, 3.63) is 24.3 Å². The van der Waals surface area contributed by atoms with Crippen molar-refractivity contribution in [2.75, 3.05) is 26.4 Å². The van der Waals surface area contributed by atoms with Crippen molar-refractivity contribution in [3.63, 3.8) is 0 Å². The predicted octanol–water partition coefficient (Wildman–Crippen LogP) is 1.47. The van der Waals surface area contributed by atoms with Crippen molar-refractivity contribution in [2.45, 2.75) is 19.4 Å². The molecule has 1 heterocycles. The minimum absolute atomic E-state index is 0.255. The monoisotopic (exact) mass is 226 g/mol. The van der Waals surface area contributed by atoms with Gasteiger partial charge in [-0.2, -0.15) is 0 Å². The molecule has 4 nitrogen and oxygen atoms in total. The summed E-state index contributed by atoms with van der Waals surface area (Å²) in [6.45, 7) is 7.37. The second-order valence-corrected chi connectivity index (χ2v) is 3.58. The first kappa shape index (κ1) is 12.9. The van der Waals surface area contributed by atoms with Crippen LogP contribution in [0.4, 0.5) is 0 Å². The summed E-state index contributed by atoms with van der Waals surface area (Å²) in [6, 6.07) is 0.